The van der Waals surface area contributed by atoms with E-state index in [1.165, 1.54) is 20.0 Å². The second kappa shape index (κ2) is 6.76. The van der Waals surface area contributed by atoms with Crippen molar-refractivity contribution in [2.45, 2.75) is 25.8 Å². The number of methoxy groups -OCH3 is 1. The molecule has 1 aliphatic heterocycles. The molecule has 0 saturated carbocycles. The molecule has 6 nitrogen and oxygen atoms in total. The monoisotopic (exact) mass is 292 g/mol. The summed E-state index contributed by atoms with van der Waals surface area (Å²) >= 11 is 0. The minimum Gasteiger partial charge on any atom is -0.464 e. The van der Waals surface area contributed by atoms with Crippen LogP contribution in [-0.2, 0) is 4.74 Å². The Bertz CT molecular complexity index is 506. The molecule has 0 aromatic carbocycles. The maximum absolute atomic E-state index is 11.6. The van der Waals surface area contributed by atoms with E-state index in [-0.39, 0.29) is 5.69 Å². The molecular weight excluding hydrogens is 268 g/mol. The zero-order chi connectivity index (χ0) is 15.4. The van der Waals surface area contributed by atoms with Gasteiger partial charge < -0.3 is 15.4 Å². The van der Waals surface area contributed by atoms with E-state index in [0.717, 1.165) is 19.6 Å². The summed E-state index contributed by atoms with van der Waals surface area (Å²) in [4.78, 5) is 20.4. The molecule has 1 atom stereocenters. The van der Waals surface area contributed by atoms with Crippen molar-refractivity contribution in [3.8, 4) is 0 Å². The van der Waals surface area contributed by atoms with Gasteiger partial charge in [-0.15, -0.1) is 0 Å². The van der Waals surface area contributed by atoms with Crippen LogP contribution in [0.4, 0.5) is 11.5 Å². The Kier molecular flexibility index (Phi) is 5.01. The van der Waals surface area contributed by atoms with Crippen LogP contribution in [0.25, 0.3) is 0 Å². The molecule has 1 aromatic rings. The van der Waals surface area contributed by atoms with Gasteiger partial charge in [0.05, 0.1) is 12.8 Å². The number of likely N-dealkylation sites (tertiary alicyclic amines) is 1. The molecule has 0 amide bonds. The van der Waals surface area contributed by atoms with E-state index >= 15 is 0 Å². The number of hydrogen-bond donors (Lipinski definition) is 1. The van der Waals surface area contributed by atoms with Gasteiger partial charge in [-0.3, -0.25) is 4.90 Å². The maximum atomic E-state index is 11.6. The molecular formula is C15H24N4O2. The number of nitrogens with zero attached hydrogens (tertiary/aromatic N) is 3. The number of carbonyl (C=O) groups excluding carboxylic acids is 1. The molecule has 1 fully saturated rings. The van der Waals surface area contributed by atoms with Crippen LogP contribution >= 0.6 is 0 Å². The number of ether oxygens (including phenoxy) is 1. The number of pyridine rings is 1. The SMILES string of the molecule is CCN1CCCC1CN(C)c1nc(C(=O)OC)ccc1N. The predicted octanol–water partition coefficient (Wildman–Crippen LogP) is 1.37. The van der Waals surface area contributed by atoms with Gasteiger partial charge in [0.25, 0.3) is 0 Å². The molecule has 2 N–H and O–H groups in total. The number of esters is 1. The standard InChI is InChI=1S/C15H24N4O2/c1-4-19-9-5-6-11(19)10-18(2)14-12(16)7-8-13(17-14)15(20)21-3/h7-8,11H,4-6,9-10,16H2,1-3H3. The first-order valence-corrected chi connectivity index (χ1v) is 7.36. The van der Waals surface area contributed by atoms with Crippen LogP contribution in [0.1, 0.15) is 30.3 Å². The molecule has 1 unspecified atom stereocenters. The first-order chi connectivity index (χ1) is 10.1. The van der Waals surface area contributed by atoms with Gasteiger partial charge >= 0.3 is 5.97 Å². The normalized spacial score (nSPS) is 18.7. The Morgan fingerprint density at radius 3 is 3.00 bits per heavy atom. The van der Waals surface area contributed by atoms with Crippen molar-refractivity contribution in [3.05, 3.63) is 17.8 Å². The van der Waals surface area contributed by atoms with Gasteiger partial charge in [0.2, 0.25) is 0 Å². The number of hydrogen-bond acceptors (Lipinski definition) is 6. The molecule has 1 saturated heterocycles. The predicted molar refractivity (Wildman–Crippen MR) is 83.5 cm³/mol. The van der Waals surface area contributed by atoms with Gasteiger partial charge in [0.15, 0.2) is 11.5 Å². The van der Waals surface area contributed by atoms with Crippen molar-refractivity contribution in [2.24, 2.45) is 0 Å². The van der Waals surface area contributed by atoms with Crippen LogP contribution in [0.3, 0.4) is 0 Å². The summed E-state index contributed by atoms with van der Waals surface area (Å²) < 4.78 is 4.71. The Morgan fingerprint density at radius 2 is 2.33 bits per heavy atom. The number of anilines is 2. The van der Waals surface area contributed by atoms with Crippen molar-refractivity contribution in [3.63, 3.8) is 0 Å². The summed E-state index contributed by atoms with van der Waals surface area (Å²) in [6, 6.07) is 3.81. The lowest BCUT2D eigenvalue weighted by Gasteiger charge is -2.29. The molecule has 1 aliphatic rings. The zero-order valence-electron chi connectivity index (χ0n) is 13.0. The van der Waals surface area contributed by atoms with Crippen LogP contribution in [-0.4, -0.2) is 55.7 Å². The number of nitrogen functional groups attached to an aromatic ring is 1. The summed E-state index contributed by atoms with van der Waals surface area (Å²) in [5, 5.41) is 0. The van der Waals surface area contributed by atoms with E-state index < -0.39 is 5.97 Å². The van der Waals surface area contributed by atoms with E-state index in [4.69, 9.17) is 10.5 Å². The largest absolute Gasteiger partial charge is 0.464 e. The first-order valence-electron chi connectivity index (χ1n) is 7.36. The number of nitrogens with two attached hydrogens (primary N) is 1. The highest BCUT2D eigenvalue weighted by Gasteiger charge is 2.25. The molecule has 1 aromatic heterocycles. The van der Waals surface area contributed by atoms with Gasteiger partial charge in [-0.2, -0.15) is 0 Å². The lowest BCUT2D eigenvalue weighted by molar-refractivity contribution is 0.0594. The third-order valence-electron chi connectivity index (χ3n) is 4.05. The minimum absolute atomic E-state index is 0.285. The van der Waals surface area contributed by atoms with Gasteiger partial charge in [0.1, 0.15) is 0 Å². The Balaban J connectivity index is 2.14. The van der Waals surface area contributed by atoms with Crippen LogP contribution in [0, 0.1) is 0 Å². The van der Waals surface area contributed by atoms with Crippen molar-refractivity contribution < 1.29 is 9.53 Å². The van der Waals surface area contributed by atoms with Crippen LogP contribution in [0.15, 0.2) is 12.1 Å². The van der Waals surface area contributed by atoms with E-state index in [1.54, 1.807) is 12.1 Å². The molecule has 6 heteroatoms. The zero-order valence-corrected chi connectivity index (χ0v) is 13.0. The van der Waals surface area contributed by atoms with Crippen LogP contribution in [0.2, 0.25) is 0 Å². The number of likely N-dealkylation sites (N-methyl/N-ethyl adjacent to an activating group) is 2. The highest BCUT2D eigenvalue weighted by molar-refractivity contribution is 5.88. The van der Waals surface area contributed by atoms with Crippen LogP contribution < -0.4 is 10.6 Å². The smallest absolute Gasteiger partial charge is 0.356 e. The lowest BCUT2D eigenvalue weighted by atomic mass is 10.2. The van der Waals surface area contributed by atoms with Gasteiger partial charge in [-0.05, 0) is 38.1 Å². The summed E-state index contributed by atoms with van der Waals surface area (Å²) in [7, 11) is 3.31. The molecule has 2 rings (SSSR count). The van der Waals surface area contributed by atoms with Gasteiger partial charge in [-0.25, -0.2) is 9.78 Å². The number of aromatic nitrogens is 1. The topological polar surface area (TPSA) is 71.7 Å². The minimum atomic E-state index is -0.444. The summed E-state index contributed by atoms with van der Waals surface area (Å²) in [5.41, 5.74) is 6.86. The van der Waals surface area contributed by atoms with E-state index in [0.29, 0.717) is 17.5 Å². The van der Waals surface area contributed by atoms with Crippen molar-refractivity contribution in [1.82, 2.24) is 9.88 Å². The highest BCUT2D eigenvalue weighted by atomic mass is 16.5. The van der Waals surface area contributed by atoms with Crippen molar-refractivity contribution >= 4 is 17.5 Å². The van der Waals surface area contributed by atoms with Gasteiger partial charge in [-0.1, -0.05) is 6.92 Å². The lowest BCUT2D eigenvalue weighted by Crippen LogP contribution is -2.39. The highest BCUT2D eigenvalue weighted by Crippen LogP contribution is 2.23. The summed E-state index contributed by atoms with van der Waals surface area (Å²) in [5.74, 6) is 0.196. The maximum Gasteiger partial charge on any atom is 0.356 e. The quantitative estimate of drug-likeness (QED) is 0.827. The fourth-order valence-corrected chi connectivity index (χ4v) is 2.90. The van der Waals surface area contributed by atoms with E-state index in [2.05, 4.69) is 16.8 Å². The molecule has 0 aliphatic carbocycles. The molecule has 2 heterocycles. The number of carbonyl (C=O) groups is 1. The third-order valence-corrected chi connectivity index (χ3v) is 4.05. The van der Waals surface area contributed by atoms with Crippen molar-refractivity contribution in [1.29, 1.82) is 0 Å². The summed E-state index contributed by atoms with van der Waals surface area (Å²) in [6.07, 6.45) is 2.42. The average Bonchev–Trinajstić information content (AvgIpc) is 2.93. The Morgan fingerprint density at radius 1 is 1.57 bits per heavy atom. The molecule has 116 valence electrons. The van der Waals surface area contributed by atoms with Gasteiger partial charge in [0, 0.05) is 19.6 Å². The fraction of sp³-hybridized carbons (Fsp3) is 0.600. The molecule has 0 radical (unpaired) electrons. The molecule has 0 bridgehead atoms. The fourth-order valence-electron chi connectivity index (χ4n) is 2.90. The van der Waals surface area contributed by atoms with E-state index in [9.17, 15) is 4.79 Å². The molecule has 0 spiro atoms. The second-order valence-corrected chi connectivity index (χ2v) is 5.41. The van der Waals surface area contributed by atoms with Crippen molar-refractivity contribution in [2.75, 3.05) is 44.4 Å². The average molecular weight is 292 g/mol. The molecule has 21 heavy (non-hydrogen) atoms. The Hall–Kier alpha value is -1.82. The second-order valence-electron chi connectivity index (χ2n) is 5.41. The van der Waals surface area contributed by atoms with Crippen LogP contribution in [0.5, 0.6) is 0 Å². The summed E-state index contributed by atoms with van der Waals surface area (Å²) in [6.45, 7) is 5.25. The first kappa shape index (κ1) is 15.6. The number of rotatable bonds is 5. The van der Waals surface area contributed by atoms with E-state index in [1.807, 2.05) is 11.9 Å². The Labute approximate surface area is 125 Å². The third kappa shape index (κ3) is 3.44.